The van der Waals surface area contributed by atoms with Crippen LogP contribution >= 0.6 is 0 Å². The summed E-state index contributed by atoms with van der Waals surface area (Å²) in [6.07, 6.45) is 1.87. The van der Waals surface area contributed by atoms with Crippen LogP contribution in [0.25, 0.3) is 0 Å². The van der Waals surface area contributed by atoms with Gasteiger partial charge in [0, 0.05) is 13.7 Å². The van der Waals surface area contributed by atoms with E-state index in [1.807, 2.05) is 20.8 Å². The van der Waals surface area contributed by atoms with Crippen molar-refractivity contribution in [1.82, 2.24) is 10.6 Å². The van der Waals surface area contributed by atoms with Gasteiger partial charge < -0.3 is 15.4 Å². The molecule has 1 amide bonds. The smallest absolute Gasteiger partial charge is 0.233 e. The summed E-state index contributed by atoms with van der Waals surface area (Å²) in [6, 6.07) is 0. The lowest BCUT2D eigenvalue weighted by Gasteiger charge is -2.22. The molecule has 0 bridgehead atoms. The molecule has 0 unspecified atom stereocenters. The summed E-state index contributed by atoms with van der Waals surface area (Å²) in [4.78, 5) is 11.2. The van der Waals surface area contributed by atoms with Gasteiger partial charge in [-0.2, -0.15) is 0 Å². The molecule has 0 saturated heterocycles. The largest absolute Gasteiger partial charge is 0.379 e. The molecule has 0 radical (unpaired) electrons. The van der Waals surface area contributed by atoms with E-state index in [0.29, 0.717) is 6.54 Å². The molecule has 90 valence electrons. The monoisotopic (exact) mass is 216 g/mol. The van der Waals surface area contributed by atoms with Gasteiger partial charge in [0.15, 0.2) is 0 Å². The molecule has 0 aliphatic heterocycles. The Labute approximate surface area is 92.8 Å². The maximum Gasteiger partial charge on any atom is 0.233 e. The Morgan fingerprint density at radius 3 is 2.53 bits per heavy atom. The number of hydrogen-bond acceptors (Lipinski definition) is 3. The van der Waals surface area contributed by atoms with Crippen LogP contribution in [0.1, 0.15) is 33.6 Å². The Morgan fingerprint density at radius 1 is 1.33 bits per heavy atom. The summed E-state index contributed by atoms with van der Waals surface area (Å²) in [5.41, 5.74) is -0.118. The van der Waals surface area contributed by atoms with Gasteiger partial charge in [0.2, 0.25) is 5.91 Å². The van der Waals surface area contributed by atoms with E-state index in [1.165, 1.54) is 0 Å². The molecular formula is C11H24N2O2. The predicted octanol–water partition coefficient (Wildman–Crippen LogP) is 0.917. The topological polar surface area (TPSA) is 50.4 Å². The molecule has 0 aromatic heterocycles. The Morgan fingerprint density at radius 2 is 2.00 bits per heavy atom. The van der Waals surface area contributed by atoms with Crippen molar-refractivity contribution >= 4 is 5.91 Å². The van der Waals surface area contributed by atoms with Gasteiger partial charge >= 0.3 is 0 Å². The van der Waals surface area contributed by atoms with Gasteiger partial charge in [0.05, 0.1) is 12.1 Å². The highest BCUT2D eigenvalue weighted by Gasteiger charge is 2.15. The number of nitrogens with one attached hydrogen (secondary N) is 2. The first-order chi connectivity index (χ1) is 7.02. The summed E-state index contributed by atoms with van der Waals surface area (Å²) in [5.74, 6) is 0.0621. The maximum atomic E-state index is 11.2. The van der Waals surface area contributed by atoms with Crippen molar-refractivity contribution in [2.45, 2.75) is 39.2 Å². The lowest BCUT2D eigenvalue weighted by Crippen LogP contribution is -2.36. The number of carbonyl (C=O) groups is 1. The summed E-state index contributed by atoms with van der Waals surface area (Å²) in [5, 5.41) is 5.90. The Bertz CT molecular complexity index is 181. The Kier molecular flexibility index (Phi) is 7.34. The molecular weight excluding hydrogens is 192 g/mol. The Hall–Kier alpha value is -0.610. The molecule has 4 nitrogen and oxygen atoms in total. The SMILES string of the molecule is CCCNC(=O)CNCCC(C)(C)OC. The van der Waals surface area contributed by atoms with E-state index < -0.39 is 0 Å². The van der Waals surface area contributed by atoms with E-state index in [9.17, 15) is 4.79 Å². The average molecular weight is 216 g/mol. The molecule has 0 fully saturated rings. The van der Waals surface area contributed by atoms with Crippen LogP contribution in [0.4, 0.5) is 0 Å². The summed E-state index contributed by atoms with van der Waals surface area (Å²) in [6.45, 7) is 8.04. The summed E-state index contributed by atoms with van der Waals surface area (Å²) in [7, 11) is 1.70. The van der Waals surface area contributed by atoms with Crippen LogP contribution in [0.15, 0.2) is 0 Å². The van der Waals surface area contributed by atoms with Crippen molar-refractivity contribution in [2.75, 3.05) is 26.7 Å². The molecule has 0 aromatic carbocycles. The van der Waals surface area contributed by atoms with Gasteiger partial charge in [-0.05, 0) is 33.2 Å². The molecule has 0 saturated carbocycles. The number of hydrogen-bond donors (Lipinski definition) is 2. The first-order valence-electron chi connectivity index (χ1n) is 5.54. The van der Waals surface area contributed by atoms with Gasteiger partial charge in [-0.3, -0.25) is 4.79 Å². The van der Waals surface area contributed by atoms with Crippen LogP contribution in [0.2, 0.25) is 0 Å². The second-order valence-corrected chi connectivity index (χ2v) is 4.24. The van der Waals surface area contributed by atoms with Crippen LogP contribution in [-0.4, -0.2) is 38.3 Å². The van der Waals surface area contributed by atoms with Gasteiger partial charge in [0.25, 0.3) is 0 Å². The van der Waals surface area contributed by atoms with Crippen LogP contribution in [-0.2, 0) is 9.53 Å². The summed E-state index contributed by atoms with van der Waals surface area (Å²) >= 11 is 0. The van der Waals surface area contributed by atoms with Crippen molar-refractivity contribution in [3.8, 4) is 0 Å². The van der Waals surface area contributed by atoms with E-state index in [-0.39, 0.29) is 11.5 Å². The van der Waals surface area contributed by atoms with Gasteiger partial charge in [0.1, 0.15) is 0 Å². The molecule has 0 rings (SSSR count). The standard InChI is InChI=1S/C11H24N2O2/c1-5-7-13-10(14)9-12-8-6-11(2,3)15-4/h12H,5-9H2,1-4H3,(H,13,14). The average Bonchev–Trinajstić information content (AvgIpc) is 2.21. The molecule has 0 aromatic rings. The molecule has 4 heteroatoms. The fourth-order valence-electron chi connectivity index (χ4n) is 1.02. The number of rotatable bonds is 8. The number of amides is 1. The first kappa shape index (κ1) is 14.4. The van der Waals surface area contributed by atoms with E-state index in [0.717, 1.165) is 25.9 Å². The lowest BCUT2D eigenvalue weighted by atomic mass is 10.1. The highest BCUT2D eigenvalue weighted by molar-refractivity contribution is 5.77. The quantitative estimate of drug-likeness (QED) is 0.593. The van der Waals surface area contributed by atoms with Crippen molar-refractivity contribution in [1.29, 1.82) is 0 Å². The molecule has 0 aliphatic carbocycles. The van der Waals surface area contributed by atoms with Crippen LogP contribution in [0, 0.1) is 0 Å². The number of carbonyl (C=O) groups excluding carboxylic acids is 1. The van der Waals surface area contributed by atoms with E-state index in [4.69, 9.17) is 4.74 Å². The molecule has 15 heavy (non-hydrogen) atoms. The van der Waals surface area contributed by atoms with Gasteiger partial charge in [-0.1, -0.05) is 6.92 Å². The van der Waals surface area contributed by atoms with Gasteiger partial charge in [-0.25, -0.2) is 0 Å². The van der Waals surface area contributed by atoms with Crippen molar-refractivity contribution in [3.63, 3.8) is 0 Å². The normalized spacial score (nSPS) is 11.5. The maximum absolute atomic E-state index is 11.2. The second-order valence-electron chi connectivity index (χ2n) is 4.24. The number of ether oxygens (including phenoxy) is 1. The lowest BCUT2D eigenvalue weighted by molar-refractivity contribution is -0.120. The molecule has 0 aliphatic rings. The first-order valence-corrected chi connectivity index (χ1v) is 5.54. The predicted molar refractivity (Wildman–Crippen MR) is 61.9 cm³/mol. The van der Waals surface area contributed by atoms with Crippen LogP contribution in [0.3, 0.4) is 0 Å². The van der Waals surface area contributed by atoms with Crippen molar-refractivity contribution < 1.29 is 9.53 Å². The Balaban J connectivity index is 3.42. The van der Waals surface area contributed by atoms with Gasteiger partial charge in [-0.15, -0.1) is 0 Å². The summed E-state index contributed by atoms with van der Waals surface area (Å²) < 4.78 is 5.27. The third-order valence-corrected chi connectivity index (χ3v) is 2.31. The van der Waals surface area contributed by atoms with E-state index in [1.54, 1.807) is 7.11 Å². The van der Waals surface area contributed by atoms with E-state index in [2.05, 4.69) is 10.6 Å². The fourth-order valence-corrected chi connectivity index (χ4v) is 1.02. The van der Waals surface area contributed by atoms with E-state index >= 15 is 0 Å². The molecule has 0 spiro atoms. The zero-order valence-corrected chi connectivity index (χ0v) is 10.4. The minimum atomic E-state index is -0.118. The highest BCUT2D eigenvalue weighted by atomic mass is 16.5. The fraction of sp³-hybridized carbons (Fsp3) is 0.909. The van der Waals surface area contributed by atoms with Crippen molar-refractivity contribution in [3.05, 3.63) is 0 Å². The second kappa shape index (κ2) is 7.65. The minimum Gasteiger partial charge on any atom is -0.379 e. The zero-order chi connectivity index (χ0) is 11.7. The molecule has 0 heterocycles. The number of methoxy groups -OCH3 is 1. The van der Waals surface area contributed by atoms with Crippen LogP contribution in [0.5, 0.6) is 0 Å². The van der Waals surface area contributed by atoms with Crippen LogP contribution < -0.4 is 10.6 Å². The molecule has 0 atom stereocenters. The third-order valence-electron chi connectivity index (χ3n) is 2.31. The zero-order valence-electron chi connectivity index (χ0n) is 10.4. The molecule has 2 N–H and O–H groups in total. The third kappa shape index (κ3) is 8.39. The van der Waals surface area contributed by atoms with Crippen molar-refractivity contribution in [2.24, 2.45) is 0 Å². The minimum absolute atomic E-state index is 0.0621. The highest BCUT2D eigenvalue weighted by Crippen LogP contribution is 2.10.